The second-order valence-electron chi connectivity index (χ2n) is 5.67. The van der Waals surface area contributed by atoms with Crippen molar-refractivity contribution in [2.75, 3.05) is 22.7 Å². The maximum Gasteiger partial charge on any atom is 0.255 e. The van der Waals surface area contributed by atoms with Crippen LogP contribution in [0.5, 0.6) is 0 Å². The van der Waals surface area contributed by atoms with E-state index in [-0.39, 0.29) is 0 Å². The second-order valence-corrected chi connectivity index (χ2v) is 7.68. The first-order chi connectivity index (χ1) is 11.8. The highest BCUT2D eigenvalue weighted by molar-refractivity contribution is 7.95. The summed E-state index contributed by atoms with van der Waals surface area (Å²) >= 11 is 5.82. The van der Waals surface area contributed by atoms with Gasteiger partial charge in [0, 0.05) is 23.8 Å². The first kappa shape index (κ1) is 19.3. The molecule has 0 aliphatic carbocycles. The number of benzene rings is 2. The van der Waals surface area contributed by atoms with Gasteiger partial charge in [-0.1, -0.05) is 23.7 Å². The summed E-state index contributed by atoms with van der Waals surface area (Å²) in [6, 6.07) is 12.7. The third-order valence-corrected chi connectivity index (χ3v) is 5.15. The Kier molecular flexibility index (Phi) is 6.51. The summed E-state index contributed by atoms with van der Waals surface area (Å²) in [6.07, 6.45) is 1.54. The molecule has 0 heterocycles. The number of hydrogen-bond donors (Lipinski definition) is 1. The summed E-state index contributed by atoms with van der Waals surface area (Å²) in [5.74, 6) is 0. The maximum atomic E-state index is 12.3. The molecule has 0 saturated heterocycles. The van der Waals surface area contributed by atoms with Crippen LogP contribution in [-0.4, -0.2) is 21.5 Å². The van der Waals surface area contributed by atoms with E-state index in [0.29, 0.717) is 10.7 Å². The van der Waals surface area contributed by atoms with E-state index in [2.05, 4.69) is 23.5 Å². The predicted octanol–water partition coefficient (Wildman–Crippen LogP) is 4.91. The lowest BCUT2D eigenvalue weighted by molar-refractivity contribution is 0.609. The highest BCUT2D eigenvalue weighted by Crippen LogP contribution is 2.24. The predicted molar refractivity (Wildman–Crippen MR) is 108 cm³/mol. The molecule has 134 valence electrons. The smallest absolute Gasteiger partial charge is 0.255 e. The molecule has 0 aliphatic heterocycles. The first-order valence-corrected chi connectivity index (χ1v) is 10.1. The fourth-order valence-corrected chi connectivity index (χ4v) is 3.54. The lowest BCUT2D eigenvalue weighted by atomic mass is 10.1. The molecule has 0 aromatic heterocycles. The van der Waals surface area contributed by atoms with Crippen LogP contribution in [-0.2, 0) is 10.0 Å². The Morgan fingerprint density at radius 2 is 1.72 bits per heavy atom. The molecule has 0 atom stereocenters. The van der Waals surface area contributed by atoms with Crippen molar-refractivity contribution in [3.05, 3.63) is 64.0 Å². The minimum atomic E-state index is -3.59. The number of sulfonamides is 1. The molecule has 25 heavy (non-hydrogen) atoms. The molecular weight excluding hydrogens is 356 g/mol. The third-order valence-electron chi connectivity index (χ3n) is 3.90. The van der Waals surface area contributed by atoms with Crippen molar-refractivity contribution >= 4 is 39.1 Å². The monoisotopic (exact) mass is 378 g/mol. The molecule has 0 amide bonds. The van der Waals surface area contributed by atoms with E-state index in [1.807, 2.05) is 19.1 Å². The third kappa shape index (κ3) is 5.51. The summed E-state index contributed by atoms with van der Waals surface area (Å²) in [5.41, 5.74) is 3.31. The van der Waals surface area contributed by atoms with E-state index in [4.69, 9.17) is 11.6 Å². The van der Waals surface area contributed by atoms with Crippen LogP contribution in [0, 0.1) is 6.92 Å². The summed E-state index contributed by atoms with van der Waals surface area (Å²) in [4.78, 5) is 2.21. The van der Waals surface area contributed by atoms with Gasteiger partial charge in [-0.15, -0.1) is 0 Å². The number of nitrogens with zero attached hydrogens (tertiary/aromatic N) is 1. The lowest BCUT2D eigenvalue weighted by Crippen LogP contribution is -2.22. The second kappa shape index (κ2) is 8.41. The van der Waals surface area contributed by atoms with Crippen molar-refractivity contribution in [2.24, 2.45) is 0 Å². The van der Waals surface area contributed by atoms with Crippen LogP contribution in [0.4, 0.5) is 11.4 Å². The number of aryl methyl sites for hydroxylation is 1. The van der Waals surface area contributed by atoms with Gasteiger partial charge in [0.25, 0.3) is 10.0 Å². The molecular formula is C19H23ClN2O2S. The van der Waals surface area contributed by atoms with Crippen molar-refractivity contribution in [1.82, 2.24) is 0 Å². The van der Waals surface area contributed by atoms with Gasteiger partial charge in [0.2, 0.25) is 0 Å². The molecule has 1 N–H and O–H groups in total. The zero-order valence-electron chi connectivity index (χ0n) is 14.7. The summed E-state index contributed by atoms with van der Waals surface area (Å²) in [6.45, 7) is 7.90. The molecule has 4 nitrogen and oxygen atoms in total. The highest BCUT2D eigenvalue weighted by atomic mass is 35.5. The molecule has 0 spiro atoms. The van der Waals surface area contributed by atoms with Crippen molar-refractivity contribution < 1.29 is 8.42 Å². The average Bonchev–Trinajstić information content (AvgIpc) is 2.58. The maximum absolute atomic E-state index is 12.3. The average molecular weight is 379 g/mol. The minimum Gasteiger partial charge on any atom is -0.372 e. The fourth-order valence-electron chi connectivity index (χ4n) is 2.48. The van der Waals surface area contributed by atoms with Gasteiger partial charge < -0.3 is 4.90 Å². The normalized spacial score (nSPS) is 11.7. The molecule has 2 aromatic carbocycles. The van der Waals surface area contributed by atoms with Crippen LogP contribution in [0.25, 0.3) is 6.08 Å². The molecule has 0 unspecified atom stereocenters. The van der Waals surface area contributed by atoms with E-state index >= 15 is 0 Å². The van der Waals surface area contributed by atoms with Gasteiger partial charge in [0.15, 0.2) is 0 Å². The molecule has 0 fully saturated rings. The van der Waals surface area contributed by atoms with E-state index in [1.165, 1.54) is 6.08 Å². The van der Waals surface area contributed by atoms with Gasteiger partial charge in [-0.05, 0) is 68.3 Å². The Labute approximate surface area is 155 Å². The van der Waals surface area contributed by atoms with E-state index < -0.39 is 10.0 Å². The van der Waals surface area contributed by atoms with Gasteiger partial charge >= 0.3 is 0 Å². The number of halogens is 1. The summed E-state index contributed by atoms with van der Waals surface area (Å²) in [5, 5.41) is 1.77. The summed E-state index contributed by atoms with van der Waals surface area (Å²) in [7, 11) is -3.59. The topological polar surface area (TPSA) is 49.4 Å². The van der Waals surface area contributed by atoms with Crippen molar-refractivity contribution in [3.63, 3.8) is 0 Å². The largest absolute Gasteiger partial charge is 0.372 e. The number of nitrogens with one attached hydrogen (secondary N) is 1. The van der Waals surface area contributed by atoms with Crippen LogP contribution in [0.2, 0.25) is 5.02 Å². The Hall–Kier alpha value is -1.98. The number of rotatable bonds is 7. The van der Waals surface area contributed by atoms with Gasteiger partial charge in [-0.2, -0.15) is 0 Å². The molecule has 0 aliphatic rings. The zero-order valence-corrected chi connectivity index (χ0v) is 16.2. The van der Waals surface area contributed by atoms with E-state index in [0.717, 1.165) is 35.3 Å². The zero-order chi connectivity index (χ0) is 18.4. The van der Waals surface area contributed by atoms with E-state index in [9.17, 15) is 8.42 Å². The van der Waals surface area contributed by atoms with Crippen LogP contribution < -0.4 is 9.62 Å². The van der Waals surface area contributed by atoms with E-state index in [1.54, 1.807) is 30.3 Å². The highest BCUT2D eigenvalue weighted by Gasteiger charge is 2.10. The van der Waals surface area contributed by atoms with Crippen LogP contribution in [0.1, 0.15) is 25.0 Å². The lowest BCUT2D eigenvalue weighted by Gasteiger charge is -2.22. The van der Waals surface area contributed by atoms with Crippen molar-refractivity contribution in [3.8, 4) is 0 Å². The first-order valence-electron chi connectivity index (χ1n) is 8.16. The minimum absolute atomic E-state index is 0.580. The van der Waals surface area contributed by atoms with Gasteiger partial charge in [-0.25, -0.2) is 8.42 Å². The van der Waals surface area contributed by atoms with Crippen molar-refractivity contribution in [1.29, 1.82) is 0 Å². The molecule has 0 saturated carbocycles. The number of anilines is 2. The Morgan fingerprint density at radius 1 is 1.08 bits per heavy atom. The van der Waals surface area contributed by atoms with Crippen LogP contribution in [0.3, 0.4) is 0 Å². The van der Waals surface area contributed by atoms with Gasteiger partial charge in [-0.3, -0.25) is 4.72 Å². The molecule has 2 aromatic rings. The fraction of sp³-hybridized carbons (Fsp3) is 0.263. The van der Waals surface area contributed by atoms with Crippen LogP contribution in [0.15, 0.2) is 47.9 Å². The standard InChI is InChI=1S/C19H23ClN2O2S/c1-4-22(5-2)18-10-11-19(15(3)14-18)21-25(23,24)13-12-16-6-8-17(20)9-7-16/h6-14,21H,4-5H2,1-3H3/b13-12+. The number of hydrogen-bond acceptors (Lipinski definition) is 3. The quantitative estimate of drug-likeness (QED) is 0.744. The van der Waals surface area contributed by atoms with Gasteiger partial charge in [0.05, 0.1) is 11.1 Å². The summed E-state index contributed by atoms with van der Waals surface area (Å²) < 4.78 is 27.2. The Bertz CT molecular complexity index is 842. The molecule has 2 rings (SSSR count). The van der Waals surface area contributed by atoms with Crippen molar-refractivity contribution in [2.45, 2.75) is 20.8 Å². The molecule has 6 heteroatoms. The SMILES string of the molecule is CCN(CC)c1ccc(NS(=O)(=O)/C=C/c2ccc(Cl)cc2)c(C)c1. The Morgan fingerprint density at radius 3 is 2.28 bits per heavy atom. The molecule has 0 bridgehead atoms. The molecule has 0 radical (unpaired) electrons. The van der Waals surface area contributed by atoms with Gasteiger partial charge in [0.1, 0.15) is 0 Å². The van der Waals surface area contributed by atoms with Crippen LogP contribution >= 0.6 is 11.6 Å². The Balaban J connectivity index is 2.15.